The lowest BCUT2D eigenvalue weighted by molar-refractivity contribution is 1.13. The molecule has 0 spiro atoms. The molecule has 2 aromatic carbocycles. The molecule has 0 bridgehead atoms. The molecule has 1 N–H and O–H groups in total. The van der Waals surface area contributed by atoms with Gasteiger partial charge in [0.2, 0.25) is 0 Å². The van der Waals surface area contributed by atoms with Crippen LogP contribution in [-0.4, -0.2) is 0 Å². The van der Waals surface area contributed by atoms with Gasteiger partial charge >= 0.3 is 0 Å². The third-order valence-corrected chi connectivity index (χ3v) is 3.97. The number of anilines is 1. The molecule has 0 saturated heterocycles. The number of rotatable bonds is 3. The summed E-state index contributed by atoms with van der Waals surface area (Å²) < 4.78 is 1.17. The van der Waals surface area contributed by atoms with Gasteiger partial charge in [-0.15, -0.1) is 0 Å². The summed E-state index contributed by atoms with van der Waals surface area (Å²) in [5.41, 5.74) is 6.34. The molecular formula is C16H18BrN. The SMILES string of the molecule is Cc1ccc(C)c(NCc2ccc(C)c(Br)c2)c1. The molecule has 0 radical (unpaired) electrons. The monoisotopic (exact) mass is 303 g/mol. The summed E-state index contributed by atoms with van der Waals surface area (Å²) in [4.78, 5) is 0. The zero-order valence-electron chi connectivity index (χ0n) is 11.0. The number of aryl methyl sites for hydroxylation is 3. The van der Waals surface area contributed by atoms with Crippen molar-refractivity contribution in [2.75, 3.05) is 5.32 Å². The Balaban J connectivity index is 2.11. The molecule has 0 heterocycles. The van der Waals surface area contributed by atoms with Crippen molar-refractivity contribution < 1.29 is 0 Å². The lowest BCUT2D eigenvalue weighted by Gasteiger charge is -2.11. The lowest BCUT2D eigenvalue weighted by Crippen LogP contribution is -2.01. The van der Waals surface area contributed by atoms with E-state index in [-0.39, 0.29) is 0 Å². The molecule has 0 atom stereocenters. The third kappa shape index (κ3) is 3.14. The fourth-order valence-electron chi connectivity index (χ4n) is 1.87. The molecule has 2 heteroatoms. The normalized spacial score (nSPS) is 10.4. The minimum absolute atomic E-state index is 0.850. The summed E-state index contributed by atoms with van der Waals surface area (Å²) >= 11 is 3.57. The Bertz CT molecular complexity index is 561. The first-order valence-corrected chi connectivity index (χ1v) is 6.92. The Morgan fingerprint density at radius 3 is 2.39 bits per heavy atom. The third-order valence-electron chi connectivity index (χ3n) is 3.11. The smallest absolute Gasteiger partial charge is 0.0401 e. The predicted octanol–water partition coefficient (Wildman–Crippen LogP) is 4.99. The Morgan fingerprint density at radius 2 is 1.67 bits per heavy atom. The van der Waals surface area contributed by atoms with E-state index in [1.54, 1.807) is 0 Å². The maximum absolute atomic E-state index is 3.57. The van der Waals surface area contributed by atoms with Gasteiger partial charge in [0.25, 0.3) is 0 Å². The van der Waals surface area contributed by atoms with Crippen molar-refractivity contribution >= 4 is 21.6 Å². The molecule has 0 amide bonds. The summed E-state index contributed by atoms with van der Waals surface area (Å²) in [6.07, 6.45) is 0. The molecule has 0 aromatic heterocycles. The Kier molecular flexibility index (Phi) is 4.07. The largest absolute Gasteiger partial charge is 0.381 e. The molecule has 94 valence electrons. The highest BCUT2D eigenvalue weighted by Gasteiger charge is 2.00. The Labute approximate surface area is 117 Å². The minimum Gasteiger partial charge on any atom is -0.381 e. The van der Waals surface area contributed by atoms with Gasteiger partial charge in [-0.25, -0.2) is 0 Å². The van der Waals surface area contributed by atoms with E-state index < -0.39 is 0 Å². The van der Waals surface area contributed by atoms with Gasteiger partial charge in [0.05, 0.1) is 0 Å². The second-order valence-electron chi connectivity index (χ2n) is 4.76. The van der Waals surface area contributed by atoms with E-state index >= 15 is 0 Å². The molecule has 2 rings (SSSR count). The first kappa shape index (κ1) is 13.2. The van der Waals surface area contributed by atoms with Crippen LogP contribution in [0.4, 0.5) is 5.69 Å². The molecule has 0 fully saturated rings. The van der Waals surface area contributed by atoms with Crippen LogP contribution in [0.15, 0.2) is 40.9 Å². The van der Waals surface area contributed by atoms with Crippen LogP contribution in [0.1, 0.15) is 22.3 Å². The van der Waals surface area contributed by atoms with E-state index in [9.17, 15) is 0 Å². The molecule has 0 unspecified atom stereocenters. The van der Waals surface area contributed by atoms with Crippen LogP contribution in [0.25, 0.3) is 0 Å². The number of benzene rings is 2. The molecule has 0 aliphatic heterocycles. The van der Waals surface area contributed by atoms with Gasteiger partial charge in [-0.05, 0) is 55.2 Å². The van der Waals surface area contributed by atoms with Crippen molar-refractivity contribution in [1.29, 1.82) is 0 Å². The Hall–Kier alpha value is -1.28. The summed E-state index contributed by atoms with van der Waals surface area (Å²) in [5.74, 6) is 0. The second-order valence-corrected chi connectivity index (χ2v) is 5.61. The predicted molar refractivity (Wildman–Crippen MR) is 82.1 cm³/mol. The molecule has 18 heavy (non-hydrogen) atoms. The van der Waals surface area contributed by atoms with E-state index in [2.05, 4.69) is 78.4 Å². The highest BCUT2D eigenvalue weighted by Crippen LogP contribution is 2.20. The van der Waals surface area contributed by atoms with Crippen molar-refractivity contribution in [2.24, 2.45) is 0 Å². The van der Waals surface area contributed by atoms with E-state index in [1.165, 1.54) is 32.4 Å². The molecule has 0 aliphatic carbocycles. The van der Waals surface area contributed by atoms with Crippen molar-refractivity contribution in [3.63, 3.8) is 0 Å². The molecule has 0 saturated carbocycles. The van der Waals surface area contributed by atoms with Gasteiger partial charge in [-0.1, -0.05) is 40.2 Å². The number of nitrogens with one attached hydrogen (secondary N) is 1. The first-order chi connectivity index (χ1) is 8.56. The van der Waals surface area contributed by atoms with Gasteiger partial charge in [0.15, 0.2) is 0 Å². The van der Waals surface area contributed by atoms with Crippen molar-refractivity contribution in [1.82, 2.24) is 0 Å². The van der Waals surface area contributed by atoms with Crippen LogP contribution in [0, 0.1) is 20.8 Å². The van der Waals surface area contributed by atoms with Gasteiger partial charge in [-0.3, -0.25) is 0 Å². The maximum atomic E-state index is 3.57. The highest BCUT2D eigenvalue weighted by molar-refractivity contribution is 9.10. The summed E-state index contributed by atoms with van der Waals surface area (Å²) in [5, 5.41) is 3.50. The van der Waals surface area contributed by atoms with Crippen LogP contribution >= 0.6 is 15.9 Å². The topological polar surface area (TPSA) is 12.0 Å². The van der Waals surface area contributed by atoms with Gasteiger partial charge in [0, 0.05) is 16.7 Å². The van der Waals surface area contributed by atoms with Gasteiger partial charge < -0.3 is 5.32 Å². The van der Waals surface area contributed by atoms with E-state index in [4.69, 9.17) is 0 Å². The zero-order valence-corrected chi connectivity index (χ0v) is 12.6. The fourth-order valence-corrected chi connectivity index (χ4v) is 2.30. The molecule has 2 aromatic rings. The van der Waals surface area contributed by atoms with Gasteiger partial charge in [0.1, 0.15) is 0 Å². The van der Waals surface area contributed by atoms with Crippen molar-refractivity contribution in [3.05, 3.63) is 63.1 Å². The number of hydrogen-bond acceptors (Lipinski definition) is 1. The summed E-state index contributed by atoms with van der Waals surface area (Å²) in [7, 11) is 0. The summed E-state index contributed by atoms with van der Waals surface area (Å²) in [6, 6.07) is 13.0. The van der Waals surface area contributed by atoms with Crippen LogP contribution in [0.3, 0.4) is 0 Å². The van der Waals surface area contributed by atoms with Gasteiger partial charge in [-0.2, -0.15) is 0 Å². The number of halogens is 1. The quantitative estimate of drug-likeness (QED) is 0.842. The average molecular weight is 304 g/mol. The second kappa shape index (κ2) is 5.57. The maximum Gasteiger partial charge on any atom is 0.0401 e. The Morgan fingerprint density at radius 1 is 0.944 bits per heavy atom. The molecular weight excluding hydrogens is 286 g/mol. The molecule has 0 aliphatic rings. The average Bonchev–Trinajstić information content (AvgIpc) is 2.34. The standard InChI is InChI=1S/C16H18BrN/c1-11-4-5-13(3)16(8-11)18-10-14-7-6-12(2)15(17)9-14/h4-9,18H,10H2,1-3H3. The highest BCUT2D eigenvalue weighted by atomic mass is 79.9. The zero-order chi connectivity index (χ0) is 13.1. The van der Waals surface area contributed by atoms with Crippen molar-refractivity contribution in [3.8, 4) is 0 Å². The van der Waals surface area contributed by atoms with Crippen LogP contribution < -0.4 is 5.32 Å². The van der Waals surface area contributed by atoms with Crippen LogP contribution in [0.2, 0.25) is 0 Å². The minimum atomic E-state index is 0.850. The summed E-state index contributed by atoms with van der Waals surface area (Å²) in [6.45, 7) is 7.20. The first-order valence-electron chi connectivity index (χ1n) is 6.12. The van der Waals surface area contributed by atoms with E-state index in [0.29, 0.717) is 0 Å². The lowest BCUT2D eigenvalue weighted by atomic mass is 10.1. The number of hydrogen-bond donors (Lipinski definition) is 1. The fraction of sp³-hybridized carbons (Fsp3) is 0.250. The van der Waals surface area contributed by atoms with E-state index in [1.807, 2.05) is 0 Å². The van der Waals surface area contributed by atoms with Crippen molar-refractivity contribution in [2.45, 2.75) is 27.3 Å². The van der Waals surface area contributed by atoms with E-state index in [0.717, 1.165) is 6.54 Å². The molecule has 1 nitrogen and oxygen atoms in total. The van der Waals surface area contributed by atoms with Crippen LogP contribution in [-0.2, 0) is 6.54 Å². The van der Waals surface area contributed by atoms with Crippen LogP contribution in [0.5, 0.6) is 0 Å².